The molecular weight excluding hydrogens is 326 g/mol. The summed E-state index contributed by atoms with van der Waals surface area (Å²) in [5, 5.41) is 0. The molecule has 0 fully saturated rings. The minimum atomic E-state index is 0.843. The Labute approximate surface area is 174 Å². The van der Waals surface area contributed by atoms with Gasteiger partial charge in [0.25, 0.3) is 0 Å². The van der Waals surface area contributed by atoms with Crippen LogP contribution in [0.25, 0.3) is 0 Å². The van der Waals surface area contributed by atoms with Crippen molar-refractivity contribution in [3.8, 4) is 0 Å². The van der Waals surface area contributed by atoms with Crippen LogP contribution in [0, 0.1) is 0 Å². The molecule has 0 aliphatic heterocycles. The van der Waals surface area contributed by atoms with E-state index in [4.69, 9.17) is 0 Å². The molecule has 0 N–H and O–H groups in total. The van der Waals surface area contributed by atoms with E-state index in [0.717, 1.165) is 6.04 Å². The Morgan fingerprint density at radius 2 is 0.815 bits per heavy atom. The molecule has 0 aromatic heterocycles. The van der Waals surface area contributed by atoms with Crippen molar-refractivity contribution in [2.75, 3.05) is 13.1 Å². The molecule has 0 aromatic rings. The maximum Gasteiger partial charge on any atom is 0.00926 e. The van der Waals surface area contributed by atoms with E-state index in [2.05, 4.69) is 32.6 Å². The first-order chi connectivity index (χ1) is 13.3. The summed E-state index contributed by atoms with van der Waals surface area (Å²) in [6, 6.07) is 0.843. The van der Waals surface area contributed by atoms with Gasteiger partial charge in [-0.25, -0.2) is 0 Å². The zero-order valence-electron chi connectivity index (χ0n) is 19.9. The summed E-state index contributed by atoms with van der Waals surface area (Å²) in [7, 11) is 0. The summed E-state index contributed by atoms with van der Waals surface area (Å²) in [6.07, 6.45) is 27.2. The smallest absolute Gasteiger partial charge is 0.00926 e. The minimum absolute atomic E-state index is 0.843. The fraction of sp³-hybridized carbons (Fsp3) is 1.00. The Morgan fingerprint density at radius 1 is 0.444 bits per heavy atom. The van der Waals surface area contributed by atoms with Gasteiger partial charge >= 0.3 is 0 Å². The Balaban J connectivity index is 3.60. The number of rotatable bonds is 22. The molecule has 0 heterocycles. The Bertz CT molecular complexity index is 255. The molecule has 0 rings (SSSR count). The highest BCUT2D eigenvalue weighted by atomic mass is 15.1. The van der Waals surface area contributed by atoms with Gasteiger partial charge in [0.15, 0.2) is 0 Å². The number of unbranched alkanes of at least 4 members (excludes halogenated alkanes) is 14. The third kappa shape index (κ3) is 17.8. The first kappa shape index (κ1) is 27.0. The van der Waals surface area contributed by atoms with Gasteiger partial charge in [0.2, 0.25) is 0 Å². The van der Waals surface area contributed by atoms with Crippen LogP contribution in [-0.4, -0.2) is 24.0 Å². The molecule has 0 saturated carbocycles. The topological polar surface area (TPSA) is 3.24 Å². The van der Waals surface area contributed by atoms with Crippen molar-refractivity contribution in [2.45, 2.75) is 156 Å². The zero-order valence-corrected chi connectivity index (χ0v) is 19.9. The maximum absolute atomic E-state index is 2.81. The summed E-state index contributed by atoms with van der Waals surface area (Å²) >= 11 is 0. The van der Waals surface area contributed by atoms with Crippen molar-refractivity contribution in [2.24, 2.45) is 0 Å². The second kappa shape index (κ2) is 22.3. The SMILES string of the molecule is CCCCCCCCCCCCCCCC(CC)N(CCCC)CCCC. The van der Waals surface area contributed by atoms with E-state index in [1.807, 2.05) is 0 Å². The highest BCUT2D eigenvalue weighted by molar-refractivity contribution is 4.71. The fourth-order valence-electron chi connectivity index (χ4n) is 4.24. The predicted molar refractivity (Wildman–Crippen MR) is 126 cm³/mol. The van der Waals surface area contributed by atoms with Crippen molar-refractivity contribution in [3.05, 3.63) is 0 Å². The van der Waals surface area contributed by atoms with Crippen LogP contribution >= 0.6 is 0 Å². The monoisotopic (exact) mass is 381 g/mol. The third-order valence-electron chi connectivity index (χ3n) is 6.23. The van der Waals surface area contributed by atoms with Crippen molar-refractivity contribution in [3.63, 3.8) is 0 Å². The van der Waals surface area contributed by atoms with E-state index in [1.165, 1.54) is 135 Å². The van der Waals surface area contributed by atoms with Crippen molar-refractivity contribution < 1.29 is 0 Å². The Hall–Kier alpha value is -0.0400. The van der Waals surface area contributed by atoms with Gasteiger partial charge in [0, 0.05) is 6.04 Å². The summed E-state index contributed by atoms with van der Waals surface area (Å²) in [5.74, 6) is 0. The molecular formula is C26H55N. The maximum atomic E-state index is 2.81. The van der Waals surface area contributed by atoms with Gasteiger partial charge in [0.1, 0.15) is 0 Å². The molecule has 0 saturated heterocycles. The van der Waals surface area contributed by atoms with E-state index in [-0.39, 0.29) is 0 Å². The van der Waals surface area contributed by atoms with Gasteiger partial charge in [-0.2, -0.15) is 0 Å². The van der Waals surface area contributed by atoms with Crippen molar-refractivity contribution >= 4 is 0 Å². The summed E-state index contributed by atoms with van der Waals surface area (Å²) in [6.45, 7) is 12.0. The molecule has 0 bridgehead atoms. The predicted octanol–water partition coefficient (Wildman–Crippen LogP) is 9.15. The van der Waals surface area contributed by atoms with Crippen LogP contribution in [0.15, 0.2) is 0 Å². The van der Waals surface area contributed by atoms with Crippen LogP contribution in [0.1, 0.15) is 150 Å². The van der Waals surface area contributed by atoms with Crippen LogP contribution in [0.4, 0.5) is 0 Å². The third-order valence-corrected chi connectivity index (χ3v) is 6.23. The average molecular weight is 382 g/mol. The highest BCUT2D eigenvalue weighted by Gasteiger charge is 2.15. The van der Waals surface area contributed by atoms with Gasteiger partial charge in [-0.15, -0.1) is 0 Å². The zero-order chi connectivity index (χ0) is 20.0. The van der Waals surface area contributed by atoms with Gasteiger partial charge in [-0.05, 0) is 38.8 Å². The molecule has 0 spiro atoms. The first-order valence-electron chi connectivity index (χ1n) is 13.0. The van der Waals surface area contributed by atoms with Gasteiger partial charge in [-0.1, -0.05) is 124 Å². The van der Waals surface area contributed by atoms with Gasteiger partial charge < -0.3 is 4.90 Å². The van der Waals surface area contributed by atoms with E-state index in [9.17, 15) is 0 Å². The fourth-order valence-corrected chi connectivity index (χ4v) is 4.24. The van der Waals surface area contributed by atoms with E-state index in [0.29, 0.717) is 0 Å². The minimum Gasteiger partial charge on any atom is -0.300 e. The number of hydrogen-bond donors (Lipinski definition) is 0. The molecule has 0 amide bonds. The first-order valence-corrected chi connectivity index (χ1v) is 13.0. The largest absolute Gasteiger partial charge is 0.300 e. The van der Waals surface area contributed by atoms with Gasteiger partial charge in [0.05, 0.1) is 0 Å². The summed E-state index contributed by atoms with van der Waals surface area (Å²) in [4.78, 5) is 2.81. The second-order valence-corrected chi connectivity index (χ2v) is 8.84. The van der Waals surface area contributed by atoms with Crippen LogP contribution in [-0.2, 0) is 0 Å². The molecule has 1 unspecified atom stereocenters. The Morgan fingerprint density at radius 3 is 1.19 bits per heavy atom. The lowest BCUT2D eigenvalue weighted by Crippen LogP contribution is -2.36. The van der Waals surface area contributed by atoms with Gasteiger partial charge in [-0.3, -0.25) is 0 Å². The molecule has 1 heteroatoms. The highest BCUT2D eigenvalue weighted by Crippen LogP contribution is 2.17. The lowest BCUT2D eigenvalue weighted by molar-refractivity contribution is 0.173. The normalized spacial score (nSPS) is 12.8. The van der Waals surface area contributed by atoms with Crippen LogP contribution < -0.4 is 0 Å². The molecule has 0 aromatic carbocycles. The van der Waals surface area contributed by atoms with Crippen LogP contribution in [0.5, 0.6) is 0 Å². The van der Waals surface area contributed by atoms with E-state index < -0.39 is 0 Å². The van der Waals surface area contributed by atoms with Crippen LogP contribution in [0.3, 0.4) is 0 Å². The standard InChI is InChI=1S/C26H55N/c1-5-9-12-13-14-15-16-17-18-19-20-21-22-23-26(8-4)27(24-10-6-2)25-11-7-3/h26H,5-25H2,1-4H3. The average Bonchev–Trinajstić information content (AvgIpc) is 2.69. The summed E-state index contributed by atoms with van der Waals surface area (Å²) < 4.78 is 0. The number of nitrogens with zero attached hydrogens (tertiary/aromatic N) is 1. The molecule has 0 aliphatic rings. The lowest BCUT2D eigenvalue weighted by atomic mass is 10.0. The molecule has 1 nitrogen and oxygen atoms in total. The van der Waals surface area contributed by atoms with Crippen molar-refractivity contribution in [1.29, 1.82) is 0 Å². The lowest BCUT2D eigenvalue weighted by Gasteiger charge is -2.31. The molecule has 164 valence electrons. The van der Waals surface area contributed by atoms with Crippen LogP contribution in [0.2, 0.25) is 0 Å². The molecule has 1 atom stereocenters. The van der Waals surface area contributed by atoms with E-state index in [1.54, 1.807) is 0 Å². The number of hydrogen-bond acceptors (Lipinski definition) is 1. The van der Waals surface area contributed by atoms with Crippen molar-refractivity contribution in [1.82, 2.24) is 4.90 Å². The molecule has 0 radical (unpaired) electrons. The quantitative estimate of drug-likeness (QED) is 0.169. The van der Waals surface area contributed by atoms with E-state index >= 15 is 0 Å². The molecule has 0 aliphatic carbocycles. The second-order valence-electron chi connectivity index (χ2n) is 8.84. The Kier molecular flexibility index (Phi) is 22.2. The molecule has 27 heavy (non-hydrogen) atoms. The summed E-state index contributed by atoms with van der Waals surface area (Å²) in [5.41, 5.74) is 0.